The fourth-order valence-electron chi connectivity index (χ4n) is 5.08. The SMILES string of the molecule is COc1cc(OC)c(-c2cn3ccc(N4CCN(c5ccnc(N6CCNCC6)n5)CC4)cc3n2)cc1Cl. The van der Waals surface area contributed by atoms with E-state index in [1.165, 1.54) is 0 Å². The number of hydrogen-bond acceptors (Lipinski definition) is 9. The summed E-state index contributed by atoms with van der Waals surface area (Å²) in [5, 5.41) is 3.90. The minimum absolute atomic E-state index is 0.516. The van der Waals surface area contributed by atoms with Crippen molar-refractivity contribution in [2.45, 2.75) is 0 Å². The predicted octanol–water partition coefficient (Wildman–Crippen LogP) is 3.20. The van der Waals surface area contributed by atoms with Crippen molar-refractivity contribution >= 4 is 34.7 Å². The molecule has 2 aliphatic heterocycles. The third-order valence-corrected chi connectivity index (χ3v) is 7.49. The van der Waals surface area contributed by atoms with Gasteiger partial charge in [0.2, 0.25) is 5.95 Å². The molecule has 11 heteroatoms. The second-order valence-electron chi connectivity index (χ2n) is 9.39. The van der Waals surface area contributed by atoms with Crippen LogP contribution in [-0.4, -0.2) is 85.9 Å². The highest BCUT2D eigenvalue weighted by atomic mass is 35.5. The zero-order chi connectivity index (χ0) is 26.1. The van der Waals surface area contributed by atoms with Gasteiger partial charge in [-0.1, -0.05) is 11.6 Å². The Morgan fingerprint density at radius 2 is 1.61 bits per heavy atom. The molecule has 1 N–H and O–H groups in total. The van der Waals surface area contributed by atoms with Crippen molar-refractivity contribution in [3.63, 3.8) is 0 Å². The molecule has 2 saturated heterocycles. The Balaban J connectivity index is 1.17. The Morgan fingerprint density at radius 3 is 2.37 bits per heavy atom. The van der Waals surface area contributed by atoms with E-state index >= 15 is 0 Å². The molecule has 0 spiro atoms. The summed E-state index contributed by atoms with van der Waals surface area (Å²) in [4.78, 5) is 21.3. The Labute approximate surface area is 226 Å². The van der Waals surface area contributed by atoms with Crippen molar-refractivity contribution < 1.29 is 9.47 Å². The van der Waals surface area contributed by atoms with E-state index in [0.717, 1.165) is 86.7 Å². The maximum Gasteiger partial charge on any atom is 0.227 e. The van der Waals surface area contributed by atoms with Gasteiger partial charge in [-0.15, -0.1) is 0 Å². The monoisotopic (exact) mass is 534 g/mol. The van der Waals surface area contributed by atoms with Gasteiger partial charge in [0.05, 0.1) is 24.9 Å². The van der Waals surface area contributed by atoms with E-state index in [1.54, 1.807) is 20.3 Å². The van der Waals surface area contributed by atoms with Crippen LogP contribution in [0.2, 0.25) is 5.02 Å². The number of nitrogens with zero attached hydrogens (tertiary/aromatic N) is 7. The number of fused-ring (bicyclic) bond motifs is 1. The Hall–Kier alpha value is -3.76. The number of imidazole rings is 1. The summed E-state index contributed by atoms with van der Waals surface area (Å²) in [5.74, 6) is 3.05. The van der Waals surface area contributed by atoms with Gasteiger partial charge in [0.15, 0.2) is 0 Å². The zero-order valence-corrected chi connectivity index (χ0v) is 22.4. The number of piperazine rings is 2. The molecule has 6 rings (SSSR count). The molecule has 3 aromatic heterocycles. The standard InChI is InChI=1S/C27H31ClN8O2/c1-37-23-17-24(38-2)21(28)16-20(23)22-18-36-8-4-19(15-26(36)31-22)33-11-13-34(14-12-33)25-3-5-30-27(32-25)35-9-6-29-7-10-35/h3-5,8,15-18,29H,6-7,9-14H2,1-2H3. The lowest BCUT2D eigenvalue weighted by molar-refractivity contribution is 0.395. The molecule has 4 aromatic rings. The first kappa shape index (κ1) is 24.6. The summed E-state index contributed by atoms with van der Waals surface area (Å²) in [6, 6.07) is 9.90. The maximum absolute atomic E-state index is 6.40. The van der Waals surface area contributed by atoms with Gasteiger partial charge in [-0.2, -0.15) is 4.98 Å². The summed E-state index contributed by atoms with van der Waals surface area (Å²) in [6.07, 6.45) is 5.92. The first-order valence-electron chi connectivity index (χ1n) is 12.8. The highest BCUT2D eigenvalue weighted by molar-refractivity contribution is 6.32. The van der Waals surface area contributed by atoms with E-state index < -0.39 is 0 Å². The summed E-state index contributed by atoms with van der Waals surface area (Å²) >= 11 is 6.40. The van der Waals surface area contributed by atoms with E-state index in [9.17, 15) is 0 Å². The number of anilines is 3. The molecule has 1 aromatic carbocycles. The molecule has 5 heterocycles. The van der Waals surface area contributed by atoms with Crippen LogP contribution in [0.3, 0.4) is 0 Å². The van der Waals surface area contributed by atoms with Gasteiger partial charge in [-0.3, -0.25) is 0 Å². The van der Waals surface area contributed by atoms with Crippen molar-refractivity contribution in [1.82, 2.24) is 24.7 Å². The quantitative estimate of drug-likeness (QED) is 0.401. The number of rotatable bonds is 6. The minimum Gasteiger partial charge on any atom is -0.496 e. The van der Waals surface area contributed by atoms with Crippen LogP contribution in [0.15, 0.2) is 48.9 Å². The number of methoxy groups -OCH3 is 2. The average molecular weight is 535 g/mol. The summed E-state index contributed by atoms with van der Waals surface area (Å²) < 4.78 is 12.9. The molecule has 0 aliphatic carbocycles. The third-order valence-electron chi connectivity index (χ3n) is 7.19. The minimum atomic E-state index is 0.516. The van der Waals surface area contributed by atoms with Gasteiger partial charge in [0.1, 0.15) is 23.0 Å². The molecule has 2 aliphatic rings. The number of nitrogens with one attached hydrogen (secondary N) is 1. The van der Waals surface area contributed by atoms with Gasteiger partial charge in [-0.25, -0.2) is 9.97 Å². The Morgan fingerprint density at radius 1 is 0.842 bits per heavy atom. The van der Waals surface area contributed by atoms with Gasteiger partial charge >= 0.3 is 0 Å². The number of benzene rings is 1. The number of hydrogen-bond donors (Lipinski definition) is 1. The number of pyridine rings is 1. The lowest BCUT2D eigenvalue weighted by atomic mass is 10.1. The van der Waals surface area contributed by atoms with Crippen LogP contribution >= 0.6 is 11.6 Å². The second-order valence-corrected chi connectivity index (χ2v) is 9.80. The maximum atomic E-state index is 6.40. The predicted molar refractivity (Wildman–Crippen MR) is 150 cm³/mol. The lowest BCUT2D eigenvalue weighted by Gasteiger charge is -2.37. The molecule has 2 fully saturated rings. The number of ether oxygens (including phenoxy) is 2. The largest absolute Gasteiger partial charge is 0.496 e. The summed E-state index contributed by atoms with van der Waals surface area (Å²) in [5.41, 5.74) is 3.63. The summed E-state index contributed by atoms with van der Waals surface area (Å²) in [6.45, 7) is 7.40. The highest BCUT2D eigenvalue weighted by Crippen LogP contribution is 2.38. The van der Waals surface area contributed by atoms with Crippen LogP contribution in [0.5, 0.6) is 11.5 Å². The second kappa shape index (κ2) is 10.5. The van der Waals surface area contributed by atoms with Crippen molar-refractivity contribution in [2.24, 2.45) is 0 Å². The van der Waals surface area contributed by atoms with Crippen molar-refractivity contribution in [1.29, 1.82) is 0 Å². The van der Waals surface area contributed by atoms with E-state index in [-0.39, 0.29) is 0 Å². The van der Waals surface area contributed by atoms with Crippen molar-refractivity contribution in [2.75, 3.05) is 81.3 Å². The molecular weight excluding hydrogens is 504 g/mol. The van der Waals surface area contributed by atoms with Gasteiger partial charge < -0.3 is 33.9 Å². The lowest BCUT2D eigenvalue weighted by Crippen LogP contribution is -2.47. The van der Waals surface area contributed by atoms with E-state index in [4.69, 9.17) is 31.0 Å². The third kappa shape index (κ3) is 4.77. The topological polar surface area (TPSA) is 83.3 Å². The van der Waals surface area contributed by atoms with Crippen LogP contribution < -0.4 is 29.5 Å². The van der Waals surface area contributed by atoms with Gasteiger partial charge in [-0.05, 0) is 18.2 Å². The van der Waals surface area contributed by atoms with E-state index in [1.807, 2.05) is 28.9 Å². The molecule has 0 atom stereocenters. The molecular formula is C27H31ClN8O2. The Kier molecular flexibility index (Phi) is 6.82. The molecule has 10 nitrogen and oxygen atoms in total. The van der Waals surface area contributed by atoms with Crippen LogP contribution in [0, 0.1) is 0 Å². The normalized spacial score (nSPS) is 16.2. The Bertz CT molecular complexity index is 1430. The molecule has 0 unspecified atom stereocenters. The highest BCUT2D eigenvalue weighted by Gasteiger charge is 2.21. The first-order valence-corrected chi connectivity index (χ1v) is 13.2. The number of aromatic nitrogens is 4. The molecule has 198 valence electrons. The zero-order valence-electron chi connectivity index (χ0n) is 21.6. The molecule has 0 saturated carbocycles. The van der Waals surface area contributed by atoms with Crippen LogP contribution in [0.1, 0.15) is 0 Å². The van der Waals surface area contributed by atoms with Crippen LogP contribution in [-0.2, 0) is 0 Å². The fourth-order valence-corrected chi connectivity index (χ4v) is 5.32. The average Bonchev–Trinajstić information content (AvgIpc) is 3.41. The van der Waals surface area contributed by atoms with Crippen LogP contribution in [0.4, 0.5) is 17.5 Å². The van der Waals surface area contributed by atoms with Crippen LogP contribution in [0.25, 0.3) is 16.9 Å². The molecule has 38 heavy (non-hydrogen) atoms. The molecule has 0 amide bonds. The number of halogens is 1. The smallest absolute Gasteiger partial charge is 0.227 e. The fraction of sp³-hybridized carbons (Fsp3) is 0.370. The molecule has 0 bridgehead atoms. The van der Waals surface area contributed by atoms with Gasteiger partial charge in [0.25, 0.3) is 0 Å². The van der Waals surface area contributed by atoms with E-state index in [0.29, 0.717) is 16.5 Å². The van der Waals surface area contributed by atoms with Crippen molar-refractivity contribution in [3.8, 4) is 22.8 Å². The summed E-state index contributed by atoms with van der Waals surface area (Å²) in [7, 11) is 3.22. The van der Waals surface area contributed by atoms with E-state index in [2.05, 4.69) is 43.3 Å². The van der Waals surface area contributed by atoms with Crippen molar-refractivity contribution in [3.05, 3.63) is 53.9 Å². The molecule has 0 radical (unpaired) electrons. The first-order chi connectivity index (χ1) is 18.6. The van der Waals surface area contributed by atoms with Gasteiger partial charge in [0, 0.05) is 94.3 Å².